The highest BCUT2D eigenvalue weighted by Gasteiger charge is 2.32. The number of hydrogen-bond donors (Lipinski definition) is 3. The molecule has 1 aromatic heterocycles. The van der Waals surface area contributed by atoms with Gasteiger partial charge in [-0.05, 0) is 55.7 Å². The molecule has 2 aromatic carbocycles. The van der Waals surface area contributed by atoms with Crippen molar-refractivity contribution in [2.75, 3.05) is 11.9 Å². The number of nitrogens with one attached hydrogen (secondary N) is 2. The molecule has 3 atom stereocenters. The lowest BCUT2D eigenvalue weighted by Gasteiger charge is -2.36. The number of benzene rings is 2. The van der Waals surface area contributed by atoms with Gasteiger partial charge in [0.05, 0.1) is 24.9 Å². The highest BCUT2D eigenvalue weighted by atomic mass is 19.1. The number of urea groups is 1. The minimum absolute atomic E-state index is 0.124. The van der Waals surface area contributed by atoms with Gasteiger partial charge in [-0.1, -0.05) is 17.3 Å². The van der Waals surface area contributed by atoms with Crippen molar-refractivity contribution in [2.45, 2.75) is 44.1 Å². The molecule has 1 fully saturated rings. The van der Waals surface area contributed by atoms with E-state index < -0.39 is 12.1 Å². The number of rotatable bonds is 7. The summed E-state index contributed by atoms with van der Waals surface area (Å²) in [4.78, 5) is 12.3. The Morgan fingerprint density at radius 3 is 2.70 bits per heavy atom. The molecule has 0 radical (unpaired) electrons. The molecule has 0 saturated carbocycles. The van der Waals surface area contributed by atoms with Crippen LogP contribution in [-0.2, 0) is 11.3 Å². The molecule has 3 N–H and O–H groups in total. The number of carbonyl (C=O) groups is 1. The lowest BCUT2D eigenvalue weighted by Crippen LogP contribution is -2.52. The van der Waals surface area contributed by atoms with Gasteiger partial charge in [0.1, 0.15) is 23.4 Å². The van der Waals surface area contributed by atoms with Gasteiger partial charge in [-0.25, -0.2) is 13.6 Å². The largest absolute Gasteiger partial charge is 0.394 e. The molecule has 1 aliphatic rings. The zero-order valence-corrected chi connectivity index (χ0v) is 17.8. The Hall–Kier alpha value is -3.37. The molecule has 0 unspecified atom stereocenters. The van der Waals surface area contributed by atoms with E-state index in [1.165, 1.54) is 30.3 Å². The van der Waals surface area contributed by atoms with Crippen molar-refractivity contribution in [1.82, 2.24) is 20.3 Å². The maximum Gasteiger partial charge on any atom is 0.319 e. The van der Waals surface area contributed by atoms with E-state index in [1.54, 1.807) is 29.1 Å². The Labute approximate surface area is 189 Å². The SMILES string of the molecule is O=C(Nc1ccc(F)cc1)N[C@H]1CC[C@@H](CCn2cc(-c3ccccc3F)nn2)O[C@@H]1CO. The molecule has 0 spiro atoms. The van der Waals surface area contributed by atoms with Crippen molar-refractivity contribution >= 4 is 11.7 Å². The second-order valence-corrected chi connectivity index (χ2v) is 7.90. The number of ether oxygens (including phenoxy) is 1. The van der Waals surface area contributed by atoms with Crippen molar-refractivity contribution in [2.24, 2.45) is 0 Å². The van der Waals surface area contributed by atoms with E-state index in [9.17, 15) is 18.7 Å². The Bertz CT molecular complexity index is 1080. The maximum absolute atomic E-state index is 13.9. The third-order valence-corrected chi connectivity index (χ3v) is 5.58. The first kappa shape index (κ1) is 22.8. The summed E-state index contributed by atoms with van der Waals surface area (Å²) in [5.41, 5.74) is 1.32. The summed E-state index contributed by atoms with van der Waals surface area (Å²) in [6.45, 7) is 0.284. The van der Waals surface area contributed by atoms with E-state index in [0.29, 0.717) is 42.8 Å². The fourth-order valence-corrected chi connectivity index (χ4v) is 3.85. The van der Waals surface area contributed by atoms with Crippen LogP contribution in [0.25, 0.3) is 11.3 Å². The van der Waals surface area contributed by atoms with Crippen molar-refractivity contribution in [3.05, 3.63) is 66.4 Å². The van der Waals surface area contributed by atoms with E-state index in [-0.39, 0.29) is 30.4 Å². The molecule has 4 rings (SSSR count). The van der Waals surface area contributed by atoms with Crippen LogP contribution < -0.4 is 10.6 Å². The van der Waals surface area contributed by atoms with Crippen LogP contribution in [0.5, 0.6) is 0 Å². The van der Waals surface area contributed by atoms with Crippen molar-refractivity contribution in [1.29, 1.82) is 0 Å². The van der Waals surface area contributed by atoms with Gasteiger partial charge in [0, 0.05) is 17.8 Å². The number of carbonyl (C=O) groups excluding carboxylic acids is 1. The molecule has 8 nitrogen and oxygen atoms in total. The monoisotopic (exact) mass is 457 g/mol. The molecule has 10 heteroatoms. The molecule has 0 bridgehead atoms. The van der Waals surface area contributed by atoms with Crippen LogP contribution in [0.3, 0.4) is 0 Å². The number of aliphatic hydroxyl groups is 1. The van der Waals surface area contributed by atoms with E-state index in [1.807, 2.05) is 0 Å². The summed E-state index contributed by atoms with van der Waals surface area (Å²) >= 11 is 0. The number of hydrogen-bond acceptors (Lipinski definition) is 5. The van der Waals surface area contributed by atoms with Crippen LogP contribution in [0.1, 0.15) is 19.3 Å². The zero-order chi connectivity index (χ0) is 23.2. The highest BCUT2D eigenvalue weighted by Crippen LogP contribution is 2.24. The summed E-state index contributed by atoms with van der Waals surface area (Å²) in [5.74, 6) is -0.740. The molecule has 3 aromatic rings. The minimum Gasteiger partial charge on any atom is -0.394 e. The normalized spacial score (nSPS) is 20.4. The van der Waals surface area contributed by atoms with Crippen molar-refractivity contribution in [3.8, 4) is 11.3 Å². The number of halogens is 2. The number of aliphatic hydroxyl groups excluding tert-OH is 1. The van der Waals surface area contributed by atoms with Gasteiger partial charge in [0.2, 0.25) is 0 Å². The summed E-state index contributed by atoms with van der Waals surface area (Å²) < 4.78 is 34.6. The number of nitrogens with zero attached hydrogens (tertiary/aromatic N) is 3. The van der Waals surface area contributed by atoms with Crippen LogP contribution in [0.4, 0.5) is 19.3 Å². The van der Waals surface area contributed by atoms with Crippen LogP contribution >= 0.6 is 0 Å². The fraction of sp³-hybridized carbons (Fsp3) is 0.348. The van der Waals surface area contributed by atoms with Crippen LogP contribution in [0, 0.1) is 11.6 Å². The number of anilines is 1. The maximum atomic E-state index is 13.9. The first-order valence-corrected chi connectivity index (χ1v) is 10.8. The minimum atomic E-state index is -0.549. The van der Waals surface area contributed by atoms with Gasteiger partial charge < -0.3 is 20.5 Å². The van der Waals surface area contributed by atoms with E-state index >= 15 is 0 Å². The molecule has 33 heavy (non-hydrogen) atoms. The van der Waals surface area contributed by atoms with Gasteiger partial charge in [0.25, 0.3) is 0 Å². The Kier molecular flexibility index (Phi) is 7.26. The second-order valence-electron chi connectivity index (χ2n) is 7.90. The molecular formula is C23H25F2N5O3. The summed E-state index contributed by atoms with van der Waals surface area (Å²) in [5, 5.41) is 23.3. The van der Waals surface area contributed by atoms with Gasteiger partial charge in [-0.3, -0.25) is 4.68 Å². The van der Waals surface area contributed by atoms with E-state index in [0.717, 1.165) is 0 Å². The van der Waals surface area contributed by atoms with E-state index in [2.05, 4.69) is 20.9 Å². The topological polar surface area (TPSA) is 101 Å². The van der Waals surface area contributed by atoms with Crippen molar-refractivity contribution < 1.29 is 23.4 Å². The second kappa shape index (κ2) is 10.5. The van der Waals surface area contributed by atoms with Gasteiger partial charge in [-0.15, -0.1) is 5.10 Å². The fourth-order valence-electron chi connectivity index (χ4n) is 3.85. The summed E-state index contributed by atoms with van der Waals surface area (Å²) in [7, 11) is 0. The lowest BCUT2D eigenvalue weighted by molar-refractivity contribution is -0.0905. The van der Waals surface area contributed by atoms with Gasteiger partial charge in [0.15, 0.2) is 0 Å². The first-order chi connectivity index (χ1) is 16.0. The third-order valence-electron chi connectivity index (χ3n) is 5.58. The average Bonchev–Trinajstić information content (AvgIpc) is 3.29. The molecule has 1 saturated heterocycles. The van der Waals surface area contributed by atoms with Crippen LogP contribution in [0.15, 0.2) is 54.7 Å². The zero-order valence-electron chi connectivity index (χ0n) is 17.8. The van der Waals surface area contributed by atoms with Gasteiger partial charge >= 0.3 is 6.03 Å². The van der Waals surface area contributed by atoms with Crippen LogP contribution in [0.2, 0.25) is 0 Å². The standard InChI is InChI=1S/C23H25F2N5O3/c24-15-5-7-16(8-6-15)26-23(32)27-20-10-9-17(33-22(20)14-31)11-12-30-13-21(28-29-30)18-3-1-2-4-19(18)25/h1-8,13,17,20,22,31H,9-12,14H2,(H2,26,27,32)/t17-,20-,22+/m0/s1. The highest BCUT2D eigenvalue weighted by molar-refractivity contribution is 5.89. The number of amides is 2. The molecule has 2 heterocycles. The summed E-state index contributed by atoms with van der Waals surface area (Å²) in [6.07, 6.45) is 2.96. The average molecular weight is 457 g/mol. The smallest absolute Gasteiger partial charge is 0.319 e. The quantitative estimate of drug-likeness (QED) is 0.505. The Morgan fingerprint density at radius 1 is 1.15 bits per heavy atom. The van der Waals surface area contributed by atoms with E-state index in [4.69, 9.17) is 4.74 Å². The molecule has 1 aliphatic heterocycles. The Morgan fingerprint density at radius 2 is 1.94 bits per heavy atom. The predicted molar refractivity (Wildman–Crippen MR) is 117 cm³/mol. The van der Waals surface area contributed by atoms with Crippen LogP contribution in [-0.4, -0.2) is 51.0 Å². The predicted octanol–water partition coefficient (Wildman–Crippen LogP) is 3.34. The Balaban J connectivity index is 1.27. The lowest BCUT2D eigenvalue weighted by atomic mass is 9.97. The molecular weight excluding hydrogens is 432 g/mol. The van der Waals surface area contributed by atoms with Crippen molar-refractivity contribution in [3.63, 3.8) is 0 Å². The molecule has 174 valence electrons. The number of aromatic nitrogens is 3. The summed E-state index contributed by atoms with van der Waals surface area (Å²) in [6, 6.07) is 11.0. The molecule has 2 amide bonds. The third kappa shape index (κ3) is 5.91. The molecule has 0 aliphatic carbocycles. The van der Waals surface area contributed by atoms with Gasteiger partial charge in [-0.2, -0.15) is 0 Å². The number of aryl methyl sites for hydroxylation is 1. The first-order valence-electron chi connectivity index (χ1n) is 10.8.